The van der Waals surface area contributed by atoms with E-state index < -0.39 is 5.60 Å². The Morgan fingerprint density at radius 3 is 2.95 bits per heavy atom. The quantitative estimate of drug-likeness (QED) is 0.679. The largest absolute Gasteiger partial charge is 0.388 e. The maximum atomic E-state index is 12.0. The van der Waals surface area contributed by atoms with Crippen LogP contribution in [0.5, 0.6) is 0 Å². The minimum Gasteiger partial charge on any atom is -0.388 e. The van der Waals surface area contributed by atoms with Crippen molar-refractivity contribution < 1.29 is 9.90 Å². The lowest BCUT2D eigenvalue weighted by atomic mass is 9.95. The first-order chi connectivity index (χ1) is 10.0. The van der Waals surface area contributed by atoms with E-state index in [1.54, 1.807) is 18.2 Å². The summed E-state index contributed by atoms with van der Waals surface area (Å²) in [7, 11) is 0. The molecule has 0 bridgehead atoms. The van der Waals surface area contributed by atoms with Crippen molar-refractivity contribution in [1.82, 2.24) is 10.6 Å². The van der Waals surface area contributed by atoms with Gasteiger partial charge in [-0.05, 0) is 57.0 Å². The zero-order valence-electron chi connectivity index (χ0n) is 12.6. The van der Waals surface area contributed by atoms with E-state index in [0.29, 0.717) is 23.6 Å². The normalized spacial score (nSPS) is 21.4. The first kappa shape index (κ1) is 19.0. The van der Waals surface area contributed by atoms with Crippen molar-refractivity contribution in [2.45, 2.75) is 31.8 Å². The molecule has 7 heteroatoms. The highest BCUT2D eigenvalue weighted by molar-refractivity contribution is 6.31. The summed E-state index contributed by atoms with van der Waals surface area (Å²) in [6, 6.07) is 5.04. The molecule has 1 saturated heterocycles. The number of benzene rings is 1. The highest BCUT2D eigenvalue weighted by Crippen LogP contribution is 2.23. The number of carbonyl (C=O) groups is 1. The van der Waals surface area contributed by atoms with Gasteiger partial charge in [-0.15, -0.1) is 12.4 Å². The molecule has 1 fully saturated rings. The lowest BCUT2D eigenvalue weighted by Gasteiger charge is -2.26. The number of aliphatic hydroxyl groups is 1. The van der Waals surface area contributed by atoms with Crippen LogP contribution in [-0.2, 0) is 0 Å². The predicted octanol–water partition coefficient (Wildman–Crippen LogP) is 2.70. The molecule has 1 aliphatic heterocycles. The fraction of sp³-hybridized carbons (Fsp3) is 0.533. The highest BCUT2D eigenvalue weighted by atomic mass is 35.5. The molecule has 124 valence electrons. The first-order valence-corrected chi connectivity index (χ1v) is 7.61. The van der Waals surface area contributed by atoms with Crippen LogP contribution in [0.1, 0.15) is 24.8 Å². The second-order valence-corrected chi connectivity index (χ2v) is 5.96. The summed E-state index contributed by atoms with van der Waals surface area (Å²) in [5, 5.41) is 19.8. The molecular weight excluding hydrogens is 325 g/mol. The molecule has 5 nitrogen and oxygen atoms in total. The molecule has 2 rings (SSSR count). The van der Waals surface area contributed by atoms with Gasteiger partial charge in [-0.25, -0.2) is 4.79 Å². The summed E-state index contributed by atoms with van der Waals surface area (Å²) in [6.07, 6.45) is 2.24. The van der Waals surface area contributed by atoms with Gasteiger partial charge < -0.3 is 21.1 Å². The second kappa shape index (κ2) is 8.58. The lowest BCUT2D eigenvalue weighted by Crippen LogP contribution is -2.44. The fourth-order valence-corrected chi connectivity index (χ4v) is 2.62. The molecule has 2 amide bonds. The van der Waals surface area contributed by atoms with E-state index in [9.17, 15) is 9.90 Å². The standard InChI is InChI=1S/C15H22ClN3O2.ClH/c1-11-12(16)4-2-5-13(11)19-14(20)18-10-15(21)6-3-8-17-9-7-15;/h2,4-5,17,21H,3,6-10H2,1H3,(H2,18,19,20);1H. The van der Waals surface area contributed by atoms with E-state index in [0.717, 1.165) is 25.1 Å². The van der Waals surface area contributed by atoms with E-state index in [2.05, 4.69) is 16.0 Å². The summed E-state index contributed by atoms with van der Waals surface area (Å²) in [5.74, 6) is 0. The van der Waals surface area contributed by atoms with Gasteiger partial charge in [0.1, 0.15) is 0 Å². The topological polar surface area (TPSA) is 73.4 Å². The Hall–Kier alpha value is -1.01. The summed E-state index contributed by atoms with van der Waals surface area (Å²) in [5.41, 5.74) is 0.672. The predicted molar refractivity (Wildman–Crippen MR) is 92.1 cm³/mol. The Labute approximate surface area is 142 Å². The second-order valence-electron chi connectivity index (χ2n) is 5.55. The van der Waals surface area contributed by atoms with Crippen molar-refractivity contribution in [3.05, 3.63) is 28.8 Å². The van der Waals surface area contributed by atoms with Crippen LogP contribution in [0.2, 0.25) is 5.02 Å². The minimum absolute atomic E-state index is 0. The molecule has 0 spiro atoms. The average molecular weight is 348 g/mol. The summed E-state index contributed by atoms with van der Waals surface area (Å²) in [6.45, 7) is 3.78. The van der Waals surface area contributed by atoms with Gasteiger partial charge in [-0.3, -0.25) is 0 Å². The van der Waals surface area contributed by atoms with Crippen molar-refractivity contribution in [3.63, 3.8) is 0 Å². The van der Waals surface area contributed by atoms with Crippen LogP contribution in [0, 0.1) is 6.92 Å². The number of hydrogen-bond donors (Lipinski definition) is 4. The molecule has 1 heterocycles. The van der Waals surface area contributed by atoms with Gasteiger partial charge in [0.2, 0.25) is 0 Å². The maximum Gasteiger partial charge on any atom is 0.319 e. The summed E-state index contributed by atoms with van der Waals surface area (Å²) in [4.78, 5) is 12.0. The Morgan fingerprint density at radius 1 is 1.41 bits per heavy atom. The van der Waals surface area contributed by atoms with Crippen LogP contribution >= 0.6 is 24.0 Å². The van der Waals surface area contributed by atoms with E-state index in [4.69, 9.17) is 11.6 Å². The van der Waals surface area contributed by atoms with Crippen LogP contribution in [-0.4, -0.2) is 36.4 Å². The molecule has 1 atom stereocenters. The molecule has 1 aromatic rings. The Morgan fingerprint density at radius 2 is 2.18 bits per heavy atom. The number of halogens is 2. The minimum atomic E-state index is -0.829. The fourth-order valence-electron chi connectivity index (χ4n) is 2.44. The van der Waals surface area contributed by atoms with Crippen molar-refractivity contribution in [2.75, 3.05) is 25.0 Å². The summed E-state index contributed by atoms with van der Waals surface area (Å²) < 4.78 is 0. The third-order valence-corrected chi connectivity index (χ3v) is 4.27. The summed E-state index contributed by atoms with van der Waals surface area (Å²) >= 11 is 6.02. The number of nitrogens with one attached hydrogen (secondary N) is 3. The zero-order chi connectivity index (χ0) is 15.3. The molecule has 1 aromatic carbocycles. The van der Waals surface area contributed by atoms with Gasteiger partial charge >= 0.3 is 6.03 Å². The van der Waals surface area contributed by atoms with Crippen LogP contribution in [0.25, 0.3) is 0 Å². The van der Waals surface area contributed by atoms with Crippen molar-refractivity contribution in [2.24, 2.45) is 0 Å². The van der Waals surface area contributed by atoms with Crippen LogP contribution < -0.4 is 16.0 Å². The smallest absolute Gasteiger partial charge is 0.319 e. The monoisotopic (exact) mass is 347 g/mol. The molecule has 22 heavy (non-hydrogen) atoms. The van der Waals surface area contributed by atoms with Crippen molar-refractivity contribution in [1.29, 1.82) is 0 Å². The molecule has 0 radical (unpaired) electrons. The van der Waals surface area contributed by atoms with Gasteiger partial charge in [0.15, 0.2) is 0 Å². The number of anilines is 1. The van der Waals surface area contributed by atoms with E-state index >= 15 is 0 Å². The Bertz CT molecular complexity index is 504. The van der Waals surface area contributed by atoms with Crippen LogP contribution in [0.4, 0.5) is 10.5 Å². The molecular formula is C15H23Cl2N3O2. The first-order valence-electron chi connectivity index (χ1n) is 7.23. The molecule has 4 N–H and O–H groups in total. The third-order valence-electron chi connectivity index (χ3n) is 3.86. The van der Waals surface area contributed by atoms with Gasteiger partial charge in [0, 0.05) is 17.3 Å². The molecule has 1 aliphatic rings. The Balaban J connectivity index is 0.00000242. The molecule has 0 aliphatic carbocycles. The number of rotatable bonds is 3. The SMILES string of the molecule is Cc1c(Cl)cccc1NC(=O)NCC1(O)CCCNCC1.Cl. The van der Waals surface area contributed by atoms with Crippen molar-refractivity contribution >= 4 is 35.7 Å². The number of hydrogen-bond acceptors (Lipinski definition) is 3. The highest BCUT2D eigenvalue weighted by Gasteiger charge is 2.28. The Kier molecular flexibility index (Phi) is 7.42. The zero-order valence-corrected chi connectivity index (χ0v) is 14.2. The van der Waals surface area contributed by atoms with E-state index in [1.165, 1.54) is 0 Å². The third kappa shape index (κ3) is 5.32. The van der Waals surface area contributed by atoms with Gasteiger partial charge in [-0.2, -0.15) is 0 Å². The lowest BCUT2D eigenvalue weighted by molar-refractivity contribution is 0.0312. The molecule has 0 saturated carbocycles. The number of urea groups is 1. The van der Waals surface area contributed by atoms with E-state index in [1.807, 2.05) is 6.92 Å². The van der Waals surface area contributed by atoms with E-state index in [-0.39, 0.29) is 25.0 Å². The maximum absolute atomic E-state index is 12.0. The average Bonchev–Trinajstić information content (AvgIpc) is 2.67. The van der Waals surface area contributed by atoms with Crippen LogP contribution in [0.15, 0.2) is 18.2 Å². The molecule has 0 aromatic heterocycles. The molecule has 1 unspecified atom stereocenters. The van der Waals surface area contributed by atoms with Crippen LogP contribution in [0.3, 0.4) is 0 Å². The number of carbonyl (C=O) groups excluding carboxylic acids is 1. The van der Waals surface area contributed by atoms with Gasteiger partial charge in [0.25, 0.3) is 0 Å². The van der Waals surface area contributed by atoms with Gasteiger partial charge in [-0.1, -0.05) is 17.7 Å². The van der Waals surface area contributed by atoms with Crippen molar-refractivity contribution in [3.8, 4) is 0 Å². The number of amides is 2. The van der Waals surface area contributed by atoms with Gasteiger partial charge in [0.05, 0.1) is 5.60 Å².